The van der Waals surface area contributed by atoms with Crippen molar-refractivity contribution in [2.24, 2.45) is 0 Å². The fourth-order valence-corrected chi connectivity index (χ4v) is 4.31. The van der Waals surface area contributed by atoms with E-state index >= 15 is 0 Å². The highest BCUT2D eigenvalue weighted by Gasteiger charge is 2.41. The van der Waals surface area contributed by atoms with Crippen LogP contribution in [0.5, 0.6) is 0 Å². The minimum absolute atomic E-state index is 0.0292. The number of carbonyl (C=O) groups is 1. The maximum absolute atomic E-state index is 12.6. The molecule has 3 nitrogen and oxygen atoms in total. The molecule has 1 aliphatic carbocycles. The number of carbonyl (C=O) groups excluding carboxylic acids is 1. The van der Waals surface area contributed by atoms with E-state index in [0.29, 0.717) is 5.57 Å². The molecule has 4 rings (SSSR count). The summed E-state index contributed by atoms with van der Waals surface area (Å²) in [6, 6.07) is 20.6. The molecule has 1 heterocycles. The summed E-state index contributed by atoms with van der Waals surface area (Å²) in [5.74, 6) is -0.281. The maximum atomic E-state index is 12.6. The lowest BCUT2D eigenvalue weighted by atomic mass is 9.83. The summed E-state index contributed by atoms with van der Waals surface area (Å²) in [7, 11) is 1.45. The Labute approximate surface area is 161 Å². The lowest BCUT2D eigenvalue weighted by Gasteiger charge is -2.43. The molecule has 138 valence electrons. The zero-order valence-electron chi connectivity index (χ0n) is 15.7. The molecule has 0 N–H and O–H groups in total. The van der Waals surface area contributed by atoms with Gasteiger partial charge in [-0.05, 0) is 29.5 Å². The summed E-state index contributed by atoms with van der Waals surface area (Å²) in [6.45, 7) is 0.792. The Balaban J connectivity index is 1.79. The quantitative estimate of drug-likeness (QED) is 0.723. The van der Waals surface area contributed by atoms with Gasteiger partial charge in [-0.1, -0.05) is 79.6 Å². The predicted molar refractivity (Wildman–Crippen MR) is 108 cm³/mol. The van der Waals surface area contributed by atoms with Crippen LogP contribution in [0, 0.1) is 0 Å². The molecule has 0 atom stereocenters. The molecule has 0 unspecified atom stereocenters. The maximum Gasteiger partial charge on any atom is 0.339 e. The zero-order valence-corrected chi connectivity index (χ0v) is 15.7. The first-order valence-corrected chi connectivity index (χ1v) is 9.61. The highest BCUT2D eigenvalue weighted by atomic mass is 16.5. The topological polar surface area (TPSA) is 29.5 Å². The van der Waals surface area contributed by atoms with Crippen molar-refractivity contribution in [2.45, 2.75) is 37.8 Å². The summed E-state index contributed by atoms with van der Waals surface area (Å²) in [5.41, 5.74) is 3.92. The van der Waals surface area contributed by atoms with Gasteiger partial charge in [0.05, 0.1) is 18.2 Å². The number of hydrogen-bond donors (Lipinski definition) is 0. The van der Waals surface area contributed by atoms with Crippen molar-refractivity contribution in [2.75, 3.05) is 7.11 Å². The molecular weight excluding hydrogens is 334 g/mol. The fourth-order valence-electron chi connectivity index (χ4n) is 4.31. The molecule has 2 aromatic carbocycles. The van der Waals surface area contributed by atoms with Crippen molar-refractivity contribution < 1.29 is 9.53 Å². The molecular formula is C24H25NO2. The van der Waals surface area contributed by atoms with Crippen LogP contribution >= 0.6 is 0 Å². The molecule has 0 saturated heterocycles. The summed E-state index contributed by atoms with van der Waals surface area (Å²) in [6.07, 6.45) is 9.01. The molecule has 1 aliphatic heterocycles. The molecule has 0 radical (unpaired) electrons. The van der Waals surface area contributed by atoms with Crippen LogP contribution in [-0.2, 0) is 16.1 Å². The predicted octanol–water partition coefficient (Wildman–Crippen LogP) is 4.96. The Morgan fingerprint density at radius 3 is 2.26 bits per heavy atom. The molecule has 2 aromatic rings. The number of benzene rings is 2. The monoisotopic (exact) mass is 359 g/mol. The van der Waals surface area contributed by atoms with Gasteiger partial charge in [0.25, 0.3) is 0 Å². The van der Waals surface area contributed by atoms with Gasteiger partial charge in [0.2, 0.25) is 0 Å². The van der Waals surface area contributed by atoms with Crippen LogP contribution in [0.1, 0.15) is 36.8 Å². The van der Waals surface area contributed by atoms with Crippen molar-refractivity contribution >= 4 is 11.5 Å². The molecule has 3 heteroatoms. The Hall–Kier alpha value is -2.81. The third-order valence-corrected chi connectivity index (χ3v) is 5.72. The van der Waals surface area contributed by atoms with E-state index < -0.39 is 0 Å². The second-order valence-electron chi connectivity index (χ2n) is 7.38. The van der Waals surface area contributed by atoms with Gasteiger partial charge in [0, 0.05) is 12.7 Å². The van der Waals surface area contributed by atoms with Crippen molar-refractivity contribution in [3.63, 3.8) is 0 Å². The minimum Gasteiger partial charge on any atom is -0.465 e. The van der Waals surface area contributed by atoms with Crippen molar-refractivity contribution in [3.8, 4) is 0 Å². The first-order valence-electron chi connectivity index (χ1n) is 9.61. The van der Waals surface area contributed by atoms with E-state index in [9.17, 15) is 4.79 Å². The Morgan fingerprint density at radius 2 is 1.63 bits per heavy atom. The number of hydrogen-bond acceptors (Lipinski definition) is 3. The highest BCUT2D eigenvalue weighted by molar-refractivity contribution is 6.06. The van der Waals surface area contributed by atoms with Crippen molar-refractivity contribution in [1.29, 1.82) is 0 Å². The van der Waals surface area contributed by atoms with E-state index in [-0.39, 0.29) is 11.5 Å². The smallest absolute Gasteiger partial charge is 0.339 e. The van der Waals surface area contributed by atoms with E-state index in [4.69, 9.17) is 4.74 Å². The zero-order chi connectivity index (χ0) is 18.7. The van der Waals surface area contributed by atoms with E-state index in [1.54, 1.807) is 0 Å². The van der Waals surface area contributed by atoms with Gasteiger partial charge in [-0.2, -0.15) is 0 Å². The molecule has 0 amide bonds. The largest absolute Gasteiger partial charge is 0.465 e. The van der Waals surface area contributed by atoms with Gasteiger partial charge < -0.3 is 9.64 Å². The second kappa shape index (κ2) is 7.43. The molecule has 0 aromatic heterocycles. The lowest BCUT2D eigenvalue weighted by molar-refractivity contribution is -0.135. The molecule has 27 heavy (non-hydrogen) atoms. The normalized spacial score (nSPS) is 18.2. The standard InChI is InChI=1S/C24H25NO2/c1-27-23(26)22-18-25(17-19-10-4-2-5-11-19)24(14-8-9-15-24)16-21(22)20-12-6-3-7-13-20/h2-7,10-13,16,18H,8-9,14-15,17H2,1H3. The van der Waals surface area contributed by atoms with Crippen molar-refractivity contribution in [1.82, 2.24) is 4.90 Å². The first-order chi connectivity index (χ1) is 13.2. The van der Waals surface area contributed by atoms with Gasteiger partial charge in [-0.15, -0.1) is 0 Å². The van der Waals surface area contributed by atoms with Crippen LogP contribution in [0.4, 0.5) is 0 Å². The van der Waals surface area contributed by atoms with E-state index in [1.165, 1.54) is 25.5 Å². The van der Waals surface area contributed by atoms with Gasteiger partial charge in [-0.25, -0.2) is 4.79 Å². The van der Waals surface area contributed by atoms with E-state index in [0.717, 1.165) is 30.5 Å². The Morgan fingerprint density at radius 1 is 1.00 bits per heavy atom. The second-order valence-corrected chi connectivity index (χ2v) is 7.38. The van der Waals surface area contributed by atoms with Crippen LogP contribution < -0.4 is 0 Å². The van der Waals surface area contributed by atoms with Crippen LogP contribution in [-0.4, -0.2) is 23.5 Å². The lowest BCUT2D eigenvalue weighted by Crippen LogP contribution is -2.44. The average molecular weight is 359 g/mol. The molecule has 1 fully saturated rings. The number of esters is 1. The summed E-state index contributed by atoms with van der Waals surface area (Å²) >= 11 is 0. The van der Waals surface area contributed by atoms with Crippen molar-refractivity contribution in [3.05, 3.63) is 89.6 Å². The van der Waals surface area contributed by atoms with Gasteiger partial charge >= 0.3 is 5.97 Å². The van der Waals surface area contributed by atoms with Crippen LogP contribution in [0.3, 0.4) is 0 Å². The third kappa shape index (κ3) is 3.42. The first kappa shape index (κ1) is 17.6. The number of nitrogens with zero attached hydrogens (tertiary/aromatic N) is 1. The van der Waals surface area contributed by atoms with Gasteiger partial charge in [0.1, 0.15) is 0 Å². The van der Waals surface area contributed by atoms with Crippen LogP contribution in [0.25, 0.3) is 5.57 Å². The fraction of sp³-hybridized carbons (Fsp3) is 0.292. The molecule has 1 spiro atoms. The molecule has 2 aliphatic rings. The Bertz CT molecular complexity index is 862. The van der Waals surface area contributed by atoms with E-state index in [1.807, 2.05) is 30.5 Å². The Kier molecular flexibility index (Phi) is 4.85. The number of rotatable bonds is 4. The highest BCUT2D eigenvalue weighted by Crippen LogP contribution is 2.44. The third-order valence-electron chi connectivity index (χ3n) is 5.72. The molecule has 1 saturated carbocycles. The van der Waals surface area contributed by atoms with Gasteiger partial charge in [-0.3, -0.25) is 0 Å². The molecule has 0 bridgehead atoms. The summed E-state index contributed by atoms with van der Waals surface area (Å²) < 4.78 is 5.12. The van der Waals surface area contributed by atoms with Crippen LogP contribution in [0.2, 0.25) is 0 Å². The average Bonchev–Trinajstić information content (AvgIpc) is 3.19. The number of ether oxygens (including phenoxy) is 1. The van der Waals surface area contributed by atoms with E-state index in [2.05, 4.69) is 47.4 Å². The summed E-state index contributed by atoms with van der Waals surface area (Å²) in [5, 5.41) is 0. The SMILES string of the molecule is COC(=O)C1=CN(Cc2ccccc2)C2(C=C1c1ccccc1)CCCC2. The minimum atomic E-state index is -0.281. The van der Waals surface area contributed by atoms with Crippen LogP contribution in [0.15, 0.2) is 78.5 Å². The summed E-state index contributed by atoms with van der Waals surface area (Å²) in [4.78, 5) is 14.9. The van der Waals surface area contributed by atoms with Gasteiger partial charge in [0.15, 0.2) is 0 Å². The number of methoxy groups -OCH3 is 1.